The molecule has 2 rings (SSSR count). The fourth-order valence-electron chi connectivity index (χ4n) is 2.36. The van der Waals surface area contributed by atoms with E-state index >= 15 is 0 Å². The van der Waals surface area contributed by atoms with Gasteiger partial charge in [0.15, 0.2) is 0 Å². The number of benzene rings is 1. The van der Waals surface area contributed by atoms with Gasteiger partial charge in [-0.25, -0.2) is 8.42 Å². The van der Waals surface area contributed by atoms with Crippen molar-refractivity contribution in [3.05, 3.63) is 29.8 Å². The number of carbonyl (C=O) groups is 1. The quantitative estimate of drug-likeness (QED) is 0.863. The monoisotopic (exact) mass is 311 g/mol. The normalized spacial score (nSPS) is 21.4. The smallest absolute Gasteiger partial charge is 0.243 e. The highest BCUT2D eigenvalue weighted by molar-refractivity contribution is 7.89. The molecule has 0 saturated carbocycles. The maximum atomic E-state index is 12.8. The Labute approximate surface area is 125 Å². The summed E-state index contributed by atoms with van der Waals surface area (Å²) in [5, 5.41) is 0. The van der Waals surface area contributed by atoms with Crippen molar-refractivity contribution >= 4 is 15.9 Å². The largest absolute Gasteiger partial charge is 0.345 e. The third-order valence-corrected chi connectivity index (χ3v) is 5.73. The zero-order chi connectivity index (χ0) is 15.6. The molecule has 0 aliphatic carbocycles. The molecular weight excluding hydrogens is 290 g/mol. The van der Waals surface area contributed by atoms with Crippen molar-refractivity contribution in [2.75, 3.05) is 26.7 Å². The van der Waals surface area contributed by atoms with Gasteiger partial charge < -0.3 is 10.6 Å². The number of sulfonamides is 1. The van der Waals surface area contributed by atoms with E-state index in [2.05, 4.69) is 0 Å². The first-order chi connectivity index (χ1) is 9.86. The van der Waals surface area contributed by atoms with Gasteiger partial charge in [0, 0.05) is 26.2 Å². The average Bonchev–Trinajstić information content (AvgIpc) is 2.60. The molecule has 1 saturated heterocycles. The molecule has 116 valence electrons. The standard InChI is InChI=1S/C14H21N3O3S/c1-11-3-5-13(6-4-11)21(19,20)17-10-14(18)16(2)8-7-12(17)9-15/h3-6,12H,7-10,15H2,1-2H3. The summed E-state index contributed by atoms with van der Waals surface area (Å²) in [6.45, 7) is 2.45. The second-order valence-corrected chi connectivity index (χ2v) is 7.25. The van der Waals surface area contributed by atoms with Gasteiger partial charge >= 0.3 is 0 Å². The summed E-state index contributed by atoms with van der Waals surface area (Å²) >= 11 is 0. The van der Waals surface area contributed by atoms with Crippen molar-refractivity contribution in [1.82, 2.24) is 9.21 Å². The van der Waals surface area contributed by atoms with Crippen LogP contribution >= 0.6 is 0 Å². The number of aryl methyl sites for hydroxylation is 1. The number of nitrogens with two attached hydrogens (primary N) is 1. The molecular formula is C14H21N3O3S. The first kappa shape index (κ1) is 15.9. The lowest BCUT2D eigenvalue weighted by molar-refractivity contribution is -0.129. The van der Waals surface area contributed by atoms with Gasteiger partial charge in [-0.2, -0.15) is 4.31 Å². The van der Waals surface area contributed by atoms with Gasteiger partial charge in [0.1, 0.15) is 0 Å². The first-order valence-electron chi connectivity index (χ1n) is 6.89. The predicted octanol–water partition coefficient (Wildman–Crippen LogP) is 0.175. The van der Waals surface area contributed by atoms with Gasteiger partial charge in [0.05, 0.1) is 11.4 Å². The molecule has 1 heterocycles. The van der Waals surface area contributed by atoms with Crippen LogP contribution in [0.15, 0.2) is 29.2 Å². The third-order valence-electron chi connectivity index (χ3n) is 3.82. The van der Waals surface area contributed by atoms with Crippen LogP contribution in [0.3, 0.4) is 0 Å². The maximum absolute atomic E-state index is 12.8. The summed E-state index contributed by atoms with van der Waals surface area (Å²) in [5.74, 6) is -0.207. The van der Waals surface area contributed by atoms with Crippen LogP contribution in [0.4, 0.5) is 0 Å². The highest BCUT2D eigenvalue weighted by Gasteiger charge is 2.35. The van der Waals surface area contributed by atoms with Gasteiger partial charge in [-0.05, 0) is 25.5 Å². The molecule has 1 aromatic carbocycles. The van der Waals surface area contributed by atoms with Gasteiger partial charge in [-0.15, -0.1) is 0 Å². The number of likely N-dealkylation sites (N-methyl/N-ethyl adjacent to an activating group) is 1. The van der Waals surface area contributed by atoms with E-state index in [-0.39, 0.29) is 29.9 Å². The lowest BCUT2D eigenvalue weighted by Gasteiger charge is -2.27. The number of hydrogen-bond acceptors (Lipinski definition) is 4. The molecule has 0 radical (unpaired) electrons. The Hall–Kier alpha value is -1.44. The summed E-state index contributed by atoms with van der Waals surface area (Å²) in [4.78, 5) is 13.7. The van der Waals surface area contributed by atoms with Crippen molar-refractivity contribution < 1.29 is 13.2 Å². The minimum Gasteiger partial charge on any atom is -0.345 e. The van der Waals surface area contributed by atoms with Crippen LogP contribution < -0.4 is 5.73 Å². The first-order valence-corrected chi connectivity index (χ1v) is 8.33. The van der Waals surface area contributed by atoms with Gasteiger partial charge in [0.2, 0.25) is 15.9 Å². The molecule has 1 amide bonds. The molecule has 1 unspecified atom stereocenters. The molecule has 7 heteroatoms. The van der Waals surface area contributed by atoms with E-state index in [9.17, 15) is 13.2 Å². The van der Waals surface area contributed by atoms with E-state index in [1.165, 1.54) is 4.31 Å². The summed E-state index contributed by atoms with van der Waals surface area (Å²) in [6, 6.07) is 6.27. The molecule has 1 aliphatic rings. The van der Waals surface area contributed by atoms with Crippen LogP contribution in [0.2, 0.25) is 0 Å². The van der Waals surface area contributed by atoms with Crippen molar-refractivity contribution in [3.8, 4) is 0 Å². The predicted molar refractivity (Wildman–Crippen MR) is 80.2 cm³/mol. The highest BCUT2D eigenvalue weighted by Crippen LogP contribution is 2.22. The Morgan fingerprint density at radius 1 is 1.29 bits per heavy atom. The topological polar surface area (TPSA) is 83.7 Å². The zero-order valence-electron chi connectivity index (χ0n) is 12.3. The minimum absolute atomic E-state index is 0.158. The molecule has 1 aliphatic heterocycles. The van der Waals surface area contributed by atoms with Crippen molar-refractivity contribution in [1.29, 1.82) is 0 Å². The van der Waals surface area contributed by atoms with E-state index in [4.69, 9.17) is 5.73 Å². The van der Waals surface area contributed by atoms with Crippen molar-refractivity contribution in [2.45, 2.75) is 24.3 Å². The molecule has 1 aromatic rings. The van der Waals surface area contributed by atoms with Crippen LogP contribution in [0.25, 0.3) is 0 Å². The summed E-state index contributed by atoms with van der Waals surface area (Å²) in [5.41, 5.74) is 6.70. The molecule has 2 N–H and O–H groups in total. The Morgan fingerprint density at radius 2 is 1.90 bits per heavy atom. The SMILES string of the molecule is Cc1ccc(S(=O)(=O)N2CC(=O)N(C)CCC2CN)cc1. The van der Waals surface area contributed by atoms with E-state index in [1.54, 1.807) is 36.2 Å². The minimum atomic E-state index is -3.71. The van der Waals surface area contributed by atoms with Gasteiger partial charge in [0.25, 0.3) is 0 Å². The Balaban J connectivity index is 2.39. The fourth-order valence-corrected chi connectivity index (χ4v) is 3.97. The van der Waals surface area contributed by atoms with E-state index in [0.29, 0.717) is 13.0 Å². The lowest BCUT2D eigenvalue weighted by atomic mass is 10.2. The zero-order valence-corrected chi connectivity index (χ0v) is 13.1. The molecule has 1 atom stereocenters. The van der Waals surface area contributed by atoms with Crippen LogP contribution in [0.1, 0.15) is 12.0 Å². The Kier molecular flexibility index (Phi) is 4.65. The van der Waals surface area contributed by atoms with Gasteiger partial charge in [-0.3, -0.25) is 4.79 Å². The average molecular weight is 311 g/mol. The molecule has 1 fully saturated rings. The van der Waals surface area contributed by atoms with Crippen LogP contribution in [0, 0.1) is 6.92 Å². The summed E-state index contributed by atoms with van der Waals surface area (Å²) in [7, 11) is -2.04. The van der Waals surface area contributed by atoms with E-state index in [0.717, 1.165) is 5.56 Å². The van der Waals surface area contributed by atoms with Crippen molar-refractivity contribution in [2.24, 2.45) is 5.73 Å². The van der Waals surface area contributed by atoms with Crippen molar-refractivity contribution in [3.63, 3.8) is 0 Å². The Bertz CT molecular complexity index is 613. The van der Waals surface area contributed by atoms with Gasteiger partial charge in [-0.1, -0.05) is 17.7 Å². The lowest BCUT2D eigenvalue weighted by Crippen LogP contribution is -2.46. The number of hydrogen-bond donors (Lipinski definition) is 1. The molecule has 21 heavy (non-hydrogen) atoms. The number of carbonyl (C=O) groups excluding carboxylic acids is 1. The molecule has 6 nitrogen and oxygen atoms in total. The fraction of sp³-hybridized carbons (Fsp3) is 0.500. The summed E-state index contributed by atoms with van der Waals surface area (Å²) < 4.78 is 26.8. The van der Waals surface area contributed by atoms with E-state index < -0.39 is 10.0 Å². The molecule has 0 aromatic heterocycles. The number of amides is 1. The van der Waals surface area contributed by atoms with Crippen LogP contribution in [-0.2, 0) is 14.8 Å². The Morgan fingerprint density at radius 3 is 2.48 bits per heavy atom. The number of rotatable bonds is 3. The third kappa shape index (κ3) is 3.25. The molecule has 0 bridgehead atoms. The molecule has 0 spiro atoms. The van der Waals surface area contributed by atoms with Crippen LogP contribution in [-0.4, -0.2) is 56.3 Å². The summed E-state index contributed by atoms with van der Waals surface area (Å²) in [6.07, 6.45) is 0.545. The van der Waals surface area contributed by atoms with E-state index in [1.807, 2.05) is 6.92 Å². The second kappa shape index (κ2) is 6.13. The highest BCUT2D eigenvalue weighted by atomic mass is 32.2. The maximum Gasteiger partial charge on any atom is 0.243 e. The second-order valence-electron chi connectivity index (χ2n) is 5.36. The van der Waals surface area contributed by atoms with Crippen LogP contribution in [0.5, 0.6) is 0 Å². The number of nitrogens with zero attached hydrogens (tertiary/aromatic N) is 2.